The van der Waals surface area contributed by atoms with Crippen molar-refractivity contribution in [2.45, 2.75) is 95.7 Å². The monoisotopic (exact) mass is 624 g/mol. The molecule has 1 saturated carbocycles. The van der Waals surface area contributed by atoms with Gasteiger partial charge in [-0.05, 0) is 113 Å². The molecular weight excluding hydrogens is 579 g/mol. The molecule has 44 heavy (non-hydrogen) atoms. The van der Waals surface area contributed by atoms with Crippen molar-refractivity contribution in [1.29, 1.82) is 0 Å². The fourth-order valence-corrected chi connectivity index (χ4v) is 8.17. The van der Waals surface area contributed by atoms with E-state index in [1.165, 1.54) is 17.7 Å². The van der Waals surface area contributed by atoms with E-state index in [0.29, 0.717) is 63.7 Å². The molecule has 0 spiro atoms. The molecule has 0 aromatic heterocycles. The summed E-state index contributed by atoms with van der Waals surface area (Å²) in [4.78, 5) is 28.1. The van der Waals surface area contributed by atoms with Crippen molar-refractivity contribution in [2.75, 3.05) is 19.6 Å². The van der Waals surface area contributed by atoms with Gasteiger partial charge in [0, 0.05) is 40.4 Å². The molecule has 8 heteroatoms. The van der Waals surface area contributed by atoms with Crippen LogP contribution in [0.2, 0.25) is 5.02 Å². The molecule has 2 bridgehead atoms. The van der Waals surface area contributed by atoms with Crippen LogP contribution in [0.5, 0.6) is 0 Å². The number of Topliss-reactive ketones (excluding diaryl/α,β-unsaturated/α-hetero) is 1. The maximum atomic E-state index is 14.8. The number of primary amides is 1. The Morgan fingerprint density at radius 2 is 1.86 bits per heavy atom. The third-order valence-corrected chi connectivity index (χ3v) is 11.2. The molecule has 4 N–H and O–H groups in total. The van der Waals surface area contributed by atoms with Crippen molar-refractivity contribution < 1.29 is 24.2 Å². The first kappa shape index (κ1) is 32.8. The van der Waals surface area contributed by atoms with Crippen LogP contribution in [0.1, 0.15) is 98.2 Å². The van der Waals surface area contributed by atoms with Crippen LogP contribution in [-0.4, -0.2) is 58.1 Å². The number of hydrogen-bond donors (Lipinski definition) is 3. The summed E-state index contributed by atoms with van der Waals surface area (Å²) < 4.78 is 14.8. The van der Waals surface area contributed by atoms with E-state index in [-0.39, 0.29) is 40.5 Å². The number of β-amino-alcohol motifs (C(OH)–C–C–N with tert-alkyl or cyclic N) is 1. The van der Waals surface area contributed by atoms with Crippen molar-refractivity contribution in [3.8, 4) is 0 Å². The van der Waals surface area contributed by atoms with E-state index < -0.39 is 22.9 Å². The van der Waals surface area contributed by atoms with Gasteiger partial charge in [-0.15, -0.1) is 0 Å². The first-order valence-corrected chi connectivity index (χ1v) is 16.4. The molecule has 2 aromatic rings. The number of carbonyl (C=O) groups excluding carboxylic acids is 2. The Balaban J connectivity index is 1.53. The Morgan fingerprint density at radius 3 is 2.57 bits per heavy atom. The zero-order valence-corrected chi connectivity index (χ0v) is 26.7. The average molecular weight is 625 g/mol. The normalized spacial score (nSPS) is 28.7. The maximum absolute atomic E-state index is 14.8. The number of nitrogens with two attached hydrogens (primary N) is 1. The van der Waals surface area contributed by atoms with E-state index in [1.807, 2.05) is 18.2 Å². The predicted octanol–water partition coefficient (Wildman–Crippen LogP) is 6.14. The first-order valence-electron chi connectivity index (χ1n) is 16.1. The Bertz CT molecular complexity index is 1400. The fraction of sp³-hybridized carbons (Fsp3) is 0.556. The van der Waals surface area contributed by atoms with E-state index in [4.69, 9.17) is 17.3 Å². The maximum Gasteiger partial charge on any atom is 0.220 e. The van der Waals surface area contributed by atoms with Gasteiger partial charge in [-0.25, -0.2) is 4.39 Å². The van der Waals surface area contributed by atoms with E-state index in [2.05, 4.69) is 24.8 Å². The molecule has 1 saturated heterocycles. The minimum atomic E-state index is -1.01. The number of hydrogen-bond acceptors (Lipinski definition) is 5. The van der Waals surface area contributed by atoms with Crippen molar-refractivity contribution in [1.82, 2.24) is 4.90 Å². The Morgan fingerprint density at radius 1 is 1.11 bits per heavy atom. The Labute approximate surface area is 265 Å². The summed E-state index contributed by atoms with van der Waals surface area (Å²) >= 11 is 6.33. The minimum absolute atomic E-state index is 0.110. The van der Waals surface area contributed by atoms with Gasteiger partial charge in [-0.3, -0.25) is 9.59 Å². The lowest BCUT2D eigenvalue weighted by atomic mass is 9.64. The molecule has 3 aliphatic carbocycles. The number of amides is 1. The van der Waals surface area contributed by atoms with E-state index in [0.717, 1.165) is 30.4 Å². The quantitative estimate of drug-likeness (QED) is 0.265. The number of piperidine rings is 1. The number of likely N-dealkylation sites (tertiary alicyclic amines) is 1. The molecule has 1 amide bonds. The van der Waals surface area contributed by atoms with Gasteiger partial charge in [0.1, 0.15) is 5.82 Å². The van der Waals surface area contributed by atoms with E-state index >= 15 is 0 Å². The lowest BCUT2D eigenvalue weighted by molar-refractivity contribution is -0.124. The molecule has 6 rings (SSSR count). The molecule has 1 aliphatic heterocycles. The molecule has 2 aromatic carbocycles. The van der Waals surface area contributed by atoms with Crippen LogP contribution < -0.4 is 5.73 Å². The number of aliphatic hydroxyl groups is 2. The molecule has 1 heterocycles. The number of rotatable bonds is 6. The number of nitrogens with zero attached hydrogens (tertiary/aromatic N) is 1. The topological polar surface area (TPSA) is 104 Å². The summed E-state index contributed by atoms with van der Waals surface area (Å²) in [7, 11) is 0. The lowest BCUT2D eigenvalue weighted by Crippen LogP contribution is -2.54. The molecule has 0 radical (unpaired) electrons. The van der Waals surface area contributed by atoms with Crippen molar-refractivity contribution in [2.24, 2.45) is 17.1 Å². The second-order valence-corrected chi connectivity index (χ2v) is 14.1. The second kappa shape index (κ2) is 13.4. The number of aliphatic hydroxyl groups excluding tert-OH is 1. The number of benzene rings is 2. The Kier molecular flexibility index (Phi) is 10.0. The van der Waals surface area contributed by atoms with Crippen LogP contribution in [0, 0.1) is 17.2 Å². The molecule has 6 nitrogen and oxygen atoms in total. The molecular formula is C36H46ClFN2O4. The number of allylic oxidation sites excluding steroid dienone is 2. The second-order valence-electron chi connectivity index (χ2n) is 13.7. The van der Waals surface area contributed by atoms with Gasteiger partial charge in [0.2, 0.25) is 5.91 Å². The summed E-state index contributed by atoms with van der Waals surface area (Å²) in [5.74, 6) is -1.22. The number of carbonyl (C=O) groups is 2. The third kappa shape index (κ3) is 6.81. The summed E-state index contributed by atoms with van der Waals surface area (Å²) in [6, 6.07) is 10.3. The third-order valence-electron chi connectivity index (χ3n) is 10.8. The van der Waals surface area contributed by atoms with Gasteiger partial charge in [-0.1, -0.05) is 48.4 Å². The van der Waals surface area contributed by atoms with Crippen LogP contribution in [0.4, 0.5) is 4.39 Å². The van der Waals surface area contributed by atoms with Crippen molar-refractivity contribution >= 4 is 23.3 Å². The standard InChI is InChI=1S/C36H46ClFN2O4/c1-23-5-4-15-35(2)30(12-16-36(35,44)22-40-17-13-25(14-18-40)34(39)43)27-11-9-24(19-26(41)10-8-23)20-28(27)33(42)21-29-31(37)6-3-7-32(29)38/h3,5-7,9,11,20,25-26,30,41,44H,4,8,10,12-19,21-22H2,1-2H3,(H2,39,43). The first-order chi connectivity index (χ1) is 20.9. The van der Waals surface area contributed by atoms with Crippen molar-refractivity contribution in [3.63, 3.8) is 0 Å². The smallest absolute Gasteiger partial charge is 0.220 e. The van der Waals surface area contributed by atoms with Crippen LogP contribution >= 0.6 is 11.6 Å². The van der Waals surface area contributed by atoms with Crippen LogP contribution in [0.25, 0.3) is 0 Å². The number of ketones is 1. The highest BCUT2D eigenvalue weighted by Crippen LogP contribution is 2.59. The van der Waals surface area contributed by atoms with Crippen LogP contribution in [0.15, 0.2) is 48.0 Å². The molecule has 4 unspecified atom stereocenters. The van der Waals surface area contributed by atoms with Crippen LogP contribution in [-0.2, 0) is 17.6 Å². The van der Waals surface area contributed by atoms with Gasteiger partial charge in [-0.2, -0.15) is 0 Å². The van der Waals surface area contributed by atoms with E-state index in [1.54, 1.807) is 6.07 Å². The molecule has 4 atom stereocenters. The highest BCUT2D eigenvalue weighted by atomic mass is 35.5. The fourth-order valence-electron chi connectivity index (χ4n) is 7.94. The van der Waals surface area contributed by atoms with Gasteiger partial charge < -0.3 is 20.8 Å². The van der Waals surface area contributed by atoms with Crippen molar-refractivity contribution in [3.05, 3.63) is 81.1 Å². The van der Waals surface area contributed by atoms with Gasteiger partial charge in [0.05, 0.1) is 11.7 Å². The number of halogens is 2. The lowest BCUT2D eigenvalue weighted by Gasteiger charge is -2.47. The molecule has 238 valence electrons. The summed E-state index contributed by atoms with van der Waals surface area (Å²) in [5.41, 5.74) is 7.64. The SMILES string of the molecule is CC1=CCCC2(C)C(CCC2(O)CN2CCC(C(N)=O)CC2)c2ccc(cc2C(=O)Cc2c(F)cccc2Cl)CC(O)CC1. The average Bonchev–Trinajstić information content (AvgIpc) is 3.23. The minimum Gasteiger partial charge on any atom is -0.393 e. The summed E-state index contributed by atoms with van der Waals surface area (Å²) in [5, 5.41) is 23.6. The zero-order valence-electron chi connectivity index (χ0n) is 26.0. The van der Waals surface area contributed by atoms with E-state index in [9.17, 15) is 24.2 Å². The van der Waals surface area contributed by atoms with Crippen LogP contribution in [0.3, 0.4) is 0 Å². The molecule has 4 aliphatic rings. The highest BCUT2D eigenvalue weighted by molar-refractivity contribution is 6.31. The molecule has 2 fully saturated rings. The summed E-state index contributed by atoms with van der Waals surface area (Å²) in [6.07, 6.45) is 7.48. The zero-order chi connectivity index (χ0) is 31.6. The summed E-state index contributed by atoms with van der Waals surface area (Å²) in [6.45, 7) is 6.17. The highest BCUT2D eigenvalue weighted by Gasteiger charge is 2.57. The largest absolute Gasteiger partial charge is 0.393 e. The number of fused-ring (bicyclic) bond motifs is 8. The van der Waals surface area contributed by atoms with Gasteiger partial charge >= 0.3 is 0 Å². The van der Waals surface area contributed by atoms with Gasteiger partial charge in [0.15, 0.2) is 5.78 Å². The Hall–Kier alpha value is -2.58. The predicted molar refractivity (Wildman–Crippen MR) is 171 cm³/mol. The van der Waals surface area contributed by atoms with Gasteiger partial charge in [0.25, 0.3) is 0 Å².